The maximum Gasteiger partial charge on any atom is 0.274 e. The monoisotopic (exact) mass is 429 g/mol. The number of carbonyl (C=O) groups is 1. The molecule has 1 amide bonds. The lowest BCUT2D eigenvalue weighted by atomic mass is 10.1. The second kappa shape index (κ2) is 8.74. The highest BCUT2D eigenvalue weighted by atomic mass is 16.5. The Morgan fingerprint density at radius 3 is 2.69 bits per heavy atom. The average molecular weight is 429 g/mol. The van der Waals surface area contributed by atoms with E-state index in [2.05, 4.69) is 36.2 Å². The Kier molecular flexibility index (Phi) is 5.49. The Morgan fingerprint density at radius 2 is 1.91 bits per heavy atom. The van der Waals surface area contributed by atoms with Gasteiger partial charge in [0.15, 0.2) is 0 Å². The number of nitrogens with one attached hydrogen (secondary N) is 2. The maximum atomic E-state index is 12.5. The van der Waals surface area contributed by atoms with Gasteiger partial charge in [0.25, 0.3) is 5.91 Å². The van der Waals surface area contributed by atoms with Gasteiger partial charge in [0.2, 0.25) is 0 Å². The Hall–Kier alpha value is -3.82. The summed E-state index contributed by atoms with van der Waals surface area (Å²) >= 11 is 0. The maximum absolute atomic E-state index is 12.5. The molecule has 1 aliphatic heterocycles. The van der Waals surface area contributed by atoms with E-state index in [1.165, 1.54) is 0 Å². The van der Waals surface area contributed by atoms with Gasteiger partial charge in [0, 0.05) is 37.2 Å². The number of morpholine rings is 1. The van der Waals surface area contributed by atoms with Gasteiger partial charge in [-0.2, -0.15) is 0 Å². The fourth-order valence-corrected chi connectivity index (χ4v) is 3.76. The van der Waals surface area contributed by atoms with Gasteiger partial charge in [-0.05, 0) is 41.5 Å². The zero-order chi connectivity index (χ0) is 21.9. The van der Waals surface area contributed by atoms with Crippen molar-refractivity contribution in [1.82, 2.24) is 19.9 Å². The number of rotatable bonds is 5. The van der Waals surface area contributed by atoms with Gasteiger partial charge in [0.05, 0.1) is 18.6 Å². The zero-order valence-corrected chi connectivity index (χ0v) is 17.4. The molecule has 9 heteroatoms. The van der Waals surface area contributed by atoms with Crippen LogP contribution in [-0.2, 0) is 11.3 Å². The molecule has 9 nitrogen and oxygen atoms in total. The third kappa shape index (κ3) is 4.03. The van der Waals surface area contributed by atoms with Crippen molar-refractivity contribution in [3.05, 3.63) is 66.2 Å². The lowest BCUT2D eigenvalue weighted by Crippen LogP contribution is -2.36. The number of nitrogens with zero attached hydrogens (tertiary/aromatic N) is 4. The van der Waals surface area contributed by atoms with Crippen LogP contribution in [0.4, 0.5) is 11.5 Å². The van der Waals surface area contributed by atoms with Crippen molar-refractivity contribution in [2.24, 2.45) is 5.73 Å². The number of carbonyl (C=O) groups excluding carboxylic acids is 1. The minimum atomic E-state index is -0.274. The van der Waals surface area contributed by atoms with Crippen molar-refractivity contribution in [3.63, 3.8) is 0 Å². The summed E-state index contributed by atoms with van der Waals surface area (Å²) in [6.45, 7) is 3.37. The smallest absolute Gasteiger partial charge is 0.274 e. The van der Waals surface area contributed by atoms with Crippen molar-refractivity contribution in [2.45, 2.75) is 6.54 Å². The average Bonchev–Trinajstić information content (AvgIpc) is 3.29. The van der Waals surface area contributed by atoms with E-state index in [-0.39, 0.29) is 5.91 Å². The number of aromatic nitrogens is 4. The molecule has 4 heterocycles. The minimum Gasteiger partial charge on any atom is -0.378 e. The van der Waals surface area contributed by atoms with Crippen LogP contribution in [0.3, 0.4) is 0 Å². The van der Waals surface area contributed by atoms with Crippen LogP contribution in [0, 0.1) is 0 Å². The van der Waals surface area contributed by atoms with E-state index in [4.69, 9.17) is 10.5 Å². The van der Waals surface area contributed by atoms with Crippen LogP contribution in [0.2, 0.25) is 0 Å². The molecule has 4 aromatic rings. The molecule has 1 aliphatic rings. The van der Waals surface area contributed by atoms with Gasteiger partial charge in [-0.1, -0.05) is 12.1 Å². The molecular weight excluding hydrogens is 406 g/mol. The molecule has 0 unspecified atom stereocenters. The van der Waals surface area contributed by atoms with Crippen LogP contribution in [0.1, 0.15) is 16.1 Å². The Bertz CT molecular complexity index is 1250. The van der Waals surface area contributed by atoms with Gasteiger partial charge in [-0.3, -0.25) is 9.78 Å². The molecule has 32 heavy (non-hydrogen) atoms. The molecule has 0 spiro atoms. The van der Waals surface area contributed by atoms with Crippen LogP contribution in [0.15, 0.2) is 55.0 Å². The number of benzene rings is 1. The van der Waals surface area contributed by atoms with Gasteiger partial charge < -0.3 is 25.7 Å². The Balaban J connectivity index is 1.36. The second-order valence-electron chi connectivity index (χ2n) is 7.53. The highest BCUT2D eigenvalue weighted by Gasteiger charge is 2.17. The molecule has 0 aliphatic carbocycles. The van der Waals surface area contributed by atoms with E-state index >= 15 is 0 Å². The lowest BCUT2D eigenvalue weighted by molar-refractivity contribution is 0.102. The van der Waals surface area contributed by atoms with Crippen LogP contribution < -0.4 is 16.0 Å². The summed E-state index contributed by atoms with van der Waals surface area (Å²) < 4.78 is 5.45. The highest BCUT2D eigenvalue weighted by Crippen LogP contribution is 2.29. The Morgan fingerprint density at radius 1 is 1.09 bits per heavy atom. The summed E-state index contributed by atoms with van der Waals surface area (Å²) in [5, 5.41) is 3.85. The fourth-order valence-electron chi connectivity index (χ4n) is 3.76. The summed E-state index contributed by atoms with van der Waals surface area (Å²) in [6.07, 6.45) is 3.17. The molecule has 1 fully saturated rings. The third-order valence-corrected chi connectivity index (χ3v) is 5.46. The van der Waals surface area contributed by atoms with Crippen molar-refractivity contribution in [2.75, 3.05) is 36.5 Å². The predicted octanol–water partition coefficient (Wildman–Crippen LogP) is 2.57. The largest absolute Gasteiger partial charge is 0.378 e. The molecule has 1 aromatic carbocycles. The molecule has 5 rings (SSSR count). The van der Waals surface area contributed by atoms with Crippen LogP contribution >= 0.6 is 0 Å². The van der Waals surface area contributed by atoms with Crippen LogP contribution in [-0.4, -0.2) is 52.1 Å². The summed E-state index contributed by atoms with van der Waals surface area (Å²) in [5.41, 5.74) is 10.2. The number of ether oxygens (including phenoxy) is 1. The van der Waals surface area contributed by atoms with E-state index in [0.29, 0.717) is 31.1 Å². The van der Waals surface area contributed by atoms with Crippen molar-refractivity contribution in [1.29, 1.82) is 0 Å². The molecule has 162 valence electrons. The third-order valence-electron chi connectivity index (χ3n) is 5.46. The molecule has 4 N–H and O–H groups in total. The normalized spacial score (nSPS) is 14.0. The number of hydrogen-bond acceptors (Lipinski definition) is 7. The molecule has 3 aromatic heterocycles. The number of nitrogens with two attached hydrogens (primary N) is 1. The molecule has 0 atom stereocenters. The molecule has 0 saturated carbocycles. The standard InChI is InChI=1S/C23H23N7O2/c24-13-15-5-6-25-20(11-15)23(31)28-17-3-1-16(2-4-17)19-12-18-21(29-19)26-14-27-22(18)30-7-9-32-10-8-30/h1-6,11-12,14H,7-10,13,24H2,(H,28,31)(H,26,27,29). The van der Waals surface area contributed by atoms with Crippen LogP contribution in [0.25, 0.3) is 22.3 Å². The summed E-state index contributed by atoms with van der Waals surface area (Å²) in [6, 6.07) is 13.2. The number of amides is 1. The summed E-state index contributed by atoms with van der Waals surface area (Å²) in [7, 11) is 0. The molecule has 1 saturated heterocycles. The van der Waals surface area contributed by atoms with Gasteiger partial charge in [-0.15, -0.1) is 0 Å². The minimum absolute atomic E-state index is 0.274. The number of aromatic amines is 1. The predicted molar refractivity (Wildman–Crippen MR) is 122 cm³/mol. The first-order valence-electron chi connectivity index (χ1n) is 10.4. The van der Waals surface area contributed by atoms with Crippen molar-refractivity contribution in [3.8, 4) is 11.3 Å². The topological polar surface area (TPSA) is 122 Å². The molecule has 0 radical (unpaired) electrons. The second-order valence-corrected chi connectivity index (χ2v) is 7.53. The summed E-state index contributed by atoms with van der Waals surface area (Å²) in [4.78, 5) is 31.1. The Labute approximate surface area is 184 Å². The number of hydrogen-bond donors (Lipinski definition) is 3. The van der Waals surface area contributed by atoms with E-state index in [1.807, 2.05) is 24.3 Å². The first-order valence-corrected chi connectivity index (χ1v) is 10.4. The van der Waals surface area contributed by atoms with Gasteiger partial charge in [0.1, 0.15) is 23.5 Å². The number of fused-ring (bicyclic) bond motifs is 1. The van der Waals surface area contributed by atoms with E-state index in [9.17, 15) is 4.79 Å². The SMILES string of the molecule is NCc1ccnc(C(=O)Nc2ccc(-c3cc4c(N5CCOCC5)ncnc4[nH]3)cc2)c1. The van der Waals surface area contributed by atoms with Gasteiger partial charge >= 0.3 is 0 Å². The molecular formula is C23H23N7O2. The first kappa shape index (κ1) is 20.1. The van der Waals surface area contributed by atoms with Crippen LogP contribution in [0.5, 0.6) is 0 Å². The first-order chi connectivity index (χ1) is 15.7. The van der Waals surface area contributed by atoms with E-state index < -0.39 is 0 Å². The lowest BCUT2D eigenvalue weighted by Gasteiger charge is -2.27. The quantitative estimate of drug-likeness (QED) is 0.446. The van der Waals surface area contributed by atoms with Crippen molar-refractivity contribution >= 4 is 28.4 Å². The number of pyridine rings is 1. The number of anilines is 2. The summed E-state index contributed by atoms with van der Waals surface area (Å²) in [5.74, 6) is 0.640. The van der Waals surface area contributed by atoms with E-state index in [1.54, 1.807) is 24.7 Å². The zero-order valence-electron chi connectivity index (χ0n) is 17.4. The van der Waals surface area contributed by atoms with Gasteiger partial charge in [-0.25, -0.2) is 9.97 Å². The van der Waals surface area contributed by atoms with E-state index in [0.717, 1.165) is 46.8 Å². The highest BCUT2D eigenvalue weighted by molar-refractivity contribution is 6.03. The van der Waals surface area contributed by atoms with Crippen molar-refractivity contribution < 1.29 is 9.53 Å². The number of H-pyrrole nitrogens is 1. The molecule has 0 bridgehead atoms. The fraction of sp³-hybridized carbons (Fsp3) is 0.217.